The number of imidazole rings is 1. The number of hydrogen-bond acceptors (Lipinski definition) is 7. The van der Waals surface area contributed by atoms with E-state index in [0.29, 0.717) is 36.8 Å². The van der Waals surface area contributed by atoms with Crippen molar-refractivity contribution in [1.82, 2.24) is 24.4 Å². The quantitative estimate of drug-likeness (QED) is 0.138. The Morgan fingerprint density at radius 1 is 1.21 bits per heavy atom. The molecule has 9 nitrogen and oxygen atoms in total. The monoisotopic (exact) mass is 476 g/mol. The zero-order valence-electron chi connectivity index (χ0n) is 21.4. The Hall–Kier alpha value is -2.14. The standard InChI is InChI=1S/C23H40N6O3Si/c1-10-12-30-13-18(14-31-33(8,9)23(3,4)5)32-19(11-2)29-17-26-20-21(27-16-28(6)7)24-15-25-22(20)29/h10,15-19H,1,11-14H2,2-9H3/t18-,19+/m0/s1. The molecule has 0 saturated carbocycles. The minimum Gasteiger partial charge on any atom is -0.414 e. The van der Waals surface area contributed by atoms with Gasteiger partial charge in [0.05, 0.1) is 32.5 Å². The highest BCUT2D eigenvalue weighted by atomic mass is 28.4. The van der Waals surface area contributed by atoms with Crippen LogP contribution in [-0.2, 0) is 13.9 Å². The van der Waals surface area contributed by atoms with E-state index in [1.165, 1.54) is 6.33 Å². The fraction of sp³-hybridized carbons (Fsp3) is 0.652. The number of fused-ring (bicyclic) bond motifs is 1. The molecule has 2 atom stereocenters. The number of aromatic nitrogens is 4. The van der Waals surface area contributed by atoms with Crippen LogP contribution in [0.4, 0.5) is 5.82 Å². The van der Waals surface area contributed by atoms with Gasteiger partial charge in [0.15, 0.2) is 25.3 Å². The third-order valence-corrected chi connectivity index (χ3v) is 10.2. The van der Waals surface area contributed by atoms with Crippen molar-refractivity contribution in [2.24, 2.45) is 4.99 Å². The molecule has 2 aromatic rings. The van der Waals surface area contributed by atoms with Gasteiger partial charge in [-0.3, -0.25) is 4.57 Å². The number of rotatable bonds is 13. The fourth-order valence-corrected chi connectivity index (χ4v) is 3.86. The molecular weight excluding hydrogens is 436 g/mol. The third kappa shape index (κ3) is 7.43. The first-order chi connectivity index (χ1) is 15.5. The van der Waals surface area contributed by atoms with Gasteiger partial charge in [-0.25, -0.2) is 19.9 Å². The molecule has 0 aliphatic heterocycles. The summed E-state index contributed by atoms with van der Waals surface area (Å²) in [6, 6.07) is 0. The zero-order chi connectivity index (χ0) is 24.6. The highest BCUT2D eigenvalue weighted by molar-refractivity contribution is 6.74. The molecular formula is C23H40N6O3Si. The van der Waals surface area contributed by atoms with E-state index in [1.807, 2.05) is 23.6 Å². The maximum Gasteiger partial charge on any atom is 0.192 e. The Labute approximate surface area is 199 Å². The van der Waals surface area contributed by atoms with Gasteiger partial charge < -0.3 is 18.8 Å². The Morgan fingerprint density at radius 2 is 1.94 bits per heavy atom. The van der Waals surface area contributed by atoms with Crippen LogP contribution in [0.2, 0.25) is 18.1 Å². The van der Waals surface area contributed by atoms with Crippen LogP contribution in [0.3, 0.4) is 0 Å². The van der Waals surface area contributed by atoms with E-state index < -0.39 is 8.32 Å². The summed E-state index contributed by atoms with van der Waals surface area (Å²) in [5.41, 5.74) is 1.31. The van der Waals surface area contributed by atoms with Crippen LogP contribution in [0.5, 0.6) is 0 Å². The minimum atomic E-state index is -1.93. The lowest BCUT2D eigenvalue weighted by molar-refractivity contribution is -0.101. The lowest BCUT2D eigenvalue weighted by atomic mass is 10.2. The molecule has 2 heterocycles. The summed E-state index contributed by atoms with van der Waals surface area (Å²) in [5, 5.41) is 0.116. The molecule has 0 unspecified atom stereocenters. The molecule has 0 aliphatic carbocycles. The van der Waals surface area contributed by atoms with Crippen molar-refractivity contribution in [2.75, 3.05) is 33.9 Å². The Bertz CT molecular complexity index is 923. The van der Waals surface area contributed by atoms with Gasteiger partial charge in [0.25, 0.3) is 0 Å². The molecule has 0 spiro atoms. The van der Waals surface area contributed by atoms with E-state index in [2.05, 4.69) is 67.3 Å². The van der Waals surface area contributed by atoms with Crippen molar-refractivity contribution in [3.8, 4) is 0 Å². The first-order valence-corrected chi connectivity index (χ1v) is 14.3. The number of hydrogen-bond donors (Lipinski definition) is 0. The summed E-state index contributed by atoms with van der Waals surface area (Å²) in [6.07, 6.45) is 6.87. The summed E-state index contributed by atoms with van der Waals surface area (Å²) in [7, 11) is 1.88. The van der Waals surface area contributed by atoms with E-state index in [1.54, 1.807) is 18.7 Å². The topological polar surface area (TPSA) is 86.9 Å². The Morgan fingerprint density at radius 3 is 2.55 bits per heavy atom. The average molecular weight is 477 g/mol. The summed E-state index contributed by atoms with van der Waals surface area (Å²) in [5.74, 6) is 0.523. The minimum absolute atomic E-state index is 0.116. The average Bonchev–Trinajstić information content (AvgIpc) is 3.17. The molecule has 184 valence electrons. The van der Waals surface area contributed by atoms with Crippen LogP contribution in [0.1, 0.15) is 40.3 Å². The number of ether oxygens (including phenoxy) is 2. The van der Waals surface area contributed by atoms with Crippen molar-refractivity contribution in [1.29, 1.82) is 0 Å². The second kappa shape index (κ2) is 11.8. The lowest BCUT2D eigenvalue weighted by Crippen LogP contribution is -2.44. The summed E-state index contributed by atoms with van der Waals surface area (Å²) < 4.78 is 20.6. The van der Waals surface area contributed by atoms with E-state index in [-0.39, 0.29) is 17.4 Å². The highest BCUT2D eigenvalue weighted by Gasteiger charge is 2.38. The molecule has 0 aliphatic rings. The smallest absolute Gasteiger partial charge is 0.192 e. The second-order valence-electron chi connectivity index (χ2n) is 9.75. The predicted octanol–water partition coefficient (Wildman–Crippen LogP) is 4.57. The molecule has 0 saturated heterocycles. The summed E-state index contributed by atoms with van der Waals surface area (Å²) in [4.78, 5) is 19.5. The van der Waals surface area contributed by atoms with E-state index in [9.17, 15) is 0 Å². The van der Waals surface area contributed by atoms with Gasteiger partial charge in [0, 0.05) is 14.1 Å². The zero-order valence-corrected chi connectivity index (χ0v) is 22.4. The van der Waals surface area contributed by atoms with Crippen molar-refractivity contribution >= 4 is 31.6 Å². The molecule has 0 fully saturated rings. The van der Waals surface area contributed by atoms with Crippen LogP contribution in [0, 0.1) is 0 Å². The molecule has 2 aromatic heterocycles. The predicted molar refractivity (Wildman–Crippen MR) is 136 cm³/mol. The van der Waals surface area contributed by atoms with E-state index >= 15 is 0 Å². The SMILES string of the molecule is C=CCOC[C@@H](CO[Si](C)(C)C(C)(C)C)O[C@H](CC)n1cnc2c(N=CN(C)C)ncnc21. The third-order valence-electron chi connectivity index (χ3n) is 5.74. The normalized spacial score (nSPS) is 14.7. The van der Waals surface area contributed by atoms with Crippen molar-refractivity contribution < 1.29 is 13.9 Å². The number of nitrogens with zero attached hydrogens (tertiary/aromatic N) is 6. The first kappa shape index (κ1) is 27.1. The molecule has 0 aromatic carbocycles. The van der Waals surface area contributed by atoms with Gasteiger partial charge in [-0.15, -0.1) is 6.58 Å². The second-order valence-corrected chi connectivity index (χ2v) is 14.6. The van der Waals surface area contributed by atoms with E-state index in [0.717, 1.165) is 6.42 Å². The lowest BCUT2D eigenvalue weighted by Gasteiger charge is -2.37. The van der Waals surface area contributed by atoms with Crippen LogP contribution < -0.4 is 0 Å². The summed E-state index contributed by atoms with van der Waals surface area (Å²) in [6.45, 7) is 18.3. The first-order valence-electron chi connectivity index (χ1n) is 11.4. The summed E-state index contributed by atoms with van der Waals surface area (Å²) >= 11 is 0. The molecule has 33 heavy (non-hydrogen) atoms. The van der Waals surface area contributed by atoms with Gasteiger partial charge in [0.2, 0.25) is 0 Å². The van der Waals surface area contributed by atoms with Gasteiger partial charge in [-0.05, 0) is 24.6 Å². The van der Waals surface area contributed by atoms with Gasteiger partial charge in [-0.2, -0.15) is 0 Å². The number of aliphatic imine (C=N–C) groups is 1. The molecule has 2 rings (SSSR count). The maximum atomic E-state index is 6.50. The Kier molecular flexibility index (Phi) is 9.71. The highest BCUT2D eigenvalue weighted by Crippen LogP contribution is 2.37. The fourth-order valence-electron chi connectivity index (χ4n) is 2.82. The largest absolute Gasteiger partial charge is 0.414 e. The molecule has 0 radical (unpaired) electrons. The molecule has 10 heteroatoms. The van der Waals surface area contributed by atoms with Crippen molar-refractivity contribution in [2.45, 2.75) is 64.6 Å². The maximum absolute atomic E-state index is 6.50. The van der Waals surface area contributed by atoms with Crippen molar-refractivity contribution in [3.05, 3.63) is 25.3 Å². The molecule has 0 amide bonds. The van der Waals surface area contributed by atoms with Crippen LogP contribution in [-0.4, -0.2) is 79.1 Å². The van der Waals surface area contributed by atoms with Crippen molar-refractivity contribution in [3.63, 3.8) is 0 Å². The van der Waals surface area contributed by atoms with Gasteiger partial charge in [-0.1, -0.05) is 33.8 Å². The Balaban J connectivity index is 2.25. The van der Waals surface area contributed by atoms with Gasteiger partial charge >= 0.3 is 0 Å². The van der Waals surface area contributed by atoms with Crippen LogP contribution >= 0.6 is 0 Å². The molecule has 0 N–H and O–H groups in total. The van der Waals surface area contributed by atoms with Gasteiger partial charge in [0.1, 0.15) is 18.7 Å². The molecule has 0 bridgehead atoms. The van der Waals surface area contributed by atoms with Crippen LogP contribution in [0.15, 0.2) is 30.3 Å². The van der Waals surface area contributed by atoms with E-state index in [4.69, 9.17) is 13.9 Å². The van der Waals surface area contributed by atoms with Crippen LogP contribution in [0.25, 0.3) is 11.2 Å².